The maximum absolute atomic E-state index is 12.8. The number of nitrogens with zero attached hydrogens (tertiary/aromatic N) is 1. The number of alkyl halides is 3. The Balaban J connectivity index is 2.35. The molecule has 0 saturated carbocycles. The molecule has 1 aromatic carbocycles. The van der Waals surface area contributed by atoms with E-state index in [-0.39, 0.29) is 5.69 Å². The lowest BCUT2D eigenvalue weighted by Gasteiger charge is -2.25. The summed E-state index contributed by atoms with van der Waals surface area (Å²) in [5.41, 5.74) is -2.47. The Morgan fingerprint density at radius 2 is 2.15 bits per heavy atom. The average molecular weight is 290 g/mol. The molecular formula is C12H13F3N2O3. The highest BCUT2D eigenvalue weighted by Gasteiger charge is 2.39. The molecule has 0 aliphatic carbocycles. The maximum Gasteiger partial charge on any atom is 0.423 e. The molecular weight excluding hydrogens is 277 g/mol. The Morgan fingerprint density at radius 1 is 1.45 bits per heavy atom. The number of nitro benzene ring substituents is 1. The first-order chi connectivity index (χ1) is 9.21. The van der Waals surface area contributed by atoms with Crippen LogP contribution < -0.4 is 5.32 Å². The van der Waals surface area contributed by atoms with E-state index in [2.05, 4.69) is 5.32 Å². The molecule has 5 nitrogen and oxygen atoms in total. The Labute approximate surface area is 112 Å². The molecule has 0 amide bonds. The fraction of sp³-hybridized carbons (Fsp3) is 0.500. The summed E-state index contributed by atoms with van der Waals surface area (Å²) in [6, 6.07) is 2.91. The van der Waals surface area contributed by atoms with Gasteiger partial charge in [0.1, 0.15) is 5.56 Å². The van der Waals surface area contributed by atoms with E-state index in [1.54, 1.807) is 0 Å². The van der Waals surface area contributed by atoms with Crippen LogP contribution in [0.25, 0.3) is 0 Å². The zero-order chi connectivity index (χ0) is 15.0. The fourth-order valence-electron chi connectivity index (χ4n) is 2.11. The molecule has 1 heterocycles. The number of ether oxygens (including phenoxy) is 1. The van der Waals surface area contributed by atoms with Crippen molar-refractivity contribution >= 4 is 11.4 Å². The van der Waals surface area contributed by atoms with Crippen LogP contribution in [0, 0.1) is 10.1 Å². The van der Waals surface area contributed by atoms with Crippen molar-refractivity contribution in [2.45, 2.75) is 25.1 Å². The van der Waals surface area contributed by atoms with E-state index in [9.17, 15) is 23.3 Å². The second-order valence-corrected chi connectivity index (χ2v) is 4.98. The van der Waals surface area contributed by atoms with Gasteiger partial charge < -0.3 is 10.1 Å². The number of rotatable bonds is 3. The number of nitro groups is 1. The topological polar surface area (TPSA) is 64.4 Å². The van der Waals surface area contributed by atoms with Gasteiger partial charge in [-0.1, -0.05) is 0 Å². The van der Waals surface area contributed by atoms with Crippen molar-refractivity contribution in [3.63, 3.8) is 0 Å². The first-order valence-electron chi connectivity index (χ1n) is 5.93. The summed E-state index contributed by atoms with van der Waals surface area (Å²) in [5.74, 6) is 0. The van der Waals surface area contributed by atoms with Gasteiger partial charge in [0.25, 0.3) is 5.69 Å². The number of benzene rings is 1. The van der Waals surface area contributed by atoms with Crippen LogP contribution in [0.2, 0.25) is 0 Å². The van der Waals surface area contributed by atoms with E-state index in [4.69, 9.17) is 4.74 Å². The zero-order valence-electron chi connectivity index (χ0n) is 10.7. The summed E-state index contributed by atoms with van der Waals surface area (Å²) >= 11 is 0. The van der Waals surface area contributed by atoms with Gasteiger partial charge in [0.15, 0.2) is 0 Å². The minimum absolute atomic E-state index is 0.191. The Hall–Kier alpha value is -1.83. The van der Waals surface area contributed by atoms with E-state index < -0.39 is 27.9 Å². The third-order valence-electron chi connectivity index (χ3n) is 3.16. The van der Waals surface area contributed by atoms with Crippen LogP contribution in [-0.2, 0) is 10.9 Å². The average Bonchev–Trinajstić information content (AvgIpc) is 2.74. The summed E-state index contributed by atoms with van der Waals surface area (Å²) in [5, 5.41) is 13.6. The van der Waals surface area contributed by atoms with Crippen molar-refractivity contribution in [2.75, 3.05) is 18.5 Å². The highest BCUT2D eigenvalue weighted by molar-refractivity contribution is 5.56. The molecule has 1 N–H and O–H groups in total. The molecule has 8 heteroatoms. The van der Waals surface area contributed by atoms with Crippen molar-refractivity contribution in [1.82, 2.24) is 0 Å². The van der Waals surface area contributed by atoms with Gasteiger partial charge >= 0.3 is 6.18 Å². The van der Waals surface area contributed by atoms with Crippen molar-refractivity contribution in [1.29, 1.82) is 0 Å². The molecule has 1 saturated heterocycles. The lowest BCUT2D eigenvalue weighted by molar-refractivity contribution is -0.388. The number of hydrogen-bond donors (Lipinski definition) is 1. The summed E-state index contributed by atoms with van der Waals surface area (Å²) < 4.78 is 43.7. The summed E-state index contributed by atoms with van der Waals surface area (Å²) in [7, 11) is 0. The lowest BCUT2D eigenvalue weighted by Crippen LogP contribution is -2.35. The highest BCUT2D eigenvalue weighted by atomic mass is 19.4. The smallest absolute Gasteiger partial charge is 0.379 e. The Kier molecular flexibility index (Phi) is 3.59. The number of anilines is 1. The second kappa shape index (κ2) is 4.93. The van der Waals surface area contributed by atoms with Crippen LogP contribution in [0.15, 0.2) is 18.2 Å². The number of hydrogen-bond acceptors (Lipinski definition) is 4. The zero-order valence-corrected chi connectivity index (χ0v) is 10.7. The van der Waals surface area contributed by atoms with Crippen LogP contribution in [-0.4, -0.2) is 23.7 Å². The second-order valence-electron chi connectivity index (χ2n) is 4.98. The molecule has 0 aromatic heterocycles. The third-order valence-corrected chi connectivity index (χ3v) is 3.16. The third kappa shape index (κ3) is 3.01. The van der Waals surface area contributed by atoms with Crippen LogP contribution in [0.1, 0.15) is 18.9 Å². The van der Waals surface area contributed by atoms with Crippen molar-refractivity contribution < 1.29 is 22.8 Å². The highest BCUT2D eigenvalue weighted by Crippen LogP contribution is 2.38. The van der Waals surface area contributed by atoms with Crippen LogP contribution >= 0.6 is 0 Å². The molecule has 1 fully saturated rings. The van der Waals surface area contributed by atoms with Crippen molar-refractivity contribution in [3.05, 3.63) is 33.9 Å². The van der Waals surface area contributed by atoms with Gasteiger partial charge in [-0.15, -0.1) is 0 Å². The predicted octanol–water partition coefficient (Wildman–Crippen LogP) is 3.20. The normalized spacial score (nSPS) is 22.8. The van der Waals surface area contributed by atoms with Gasteiger partial charge in [-0.2, -0.15) is 13.2 Å². The molecule has 1 aromatic rings. The summed E-state index contributed by atoms with van der Waals surface area (Å²) in [6.45, 7) is 2.74. The molecule has 0 spiro atoms. The van der Waals surface area contributed by atoms with Crippen LogP contribution in [0.5, 0.6) is 0 Å². The van der Waals surface area contributed by atoms with Gasteiger partial charge in [-0.3, -0.25) is 10.1 Å². The first kappa shape index (κ1) is 14.6. The Bertz CT molecular complexity index is 525. The van der Waals surface area contributed by atoms with E-state index in [0.29, 0.717) is 19.6 Å². The molecule has 0 radical (unpaired) electrons. The van der Waals surface area contributed by atoms with Gasteiger partial charge in [0, 0.05) is 18.4 Å². The molecule has 0 bridgehead atoms. The Morgan fingerprint density at radius 3 is 2.65 bits per heavy atom. The molecule has 1 unspecified atom stereocenters. The lowest BCUT2D eigenvalue weighted by atomic mass is 10.0. The quantitative estimate of drug-likeness (QED) is 0.686. The van der Waals surface area contributed by atoms with E-state index >= 15 is 0 Å². The van der Waals surface area contributed by atoms with Crippen LogP contribution in [0.4, 0.5) is 24.5 Å². The minimum Gasteiger partial charge on any atom is -0.379 e. The van der Waals surface area contributed by atoms with E-state index in [0.717, 1.165) is 12.1 Å². The standard InChI is InChI=1S/C12H13F3N2O3/c1-11(4-5-20-7-11)16-8-2-3-10(17(18)19)9(6-8)12(13,14)15/h2-3,6,16H,4-5,7H2,1H3. The SMILES string of the molecule is CC1(Nc2ccc([N+](=O)[O-])c(C(F)(F)F)c2)CCOC1. The van der Waals surface area contributed by atoms with Gasteiger partial charge in [0.05, 0.1) is 17.1 Å². The molecule has 2 rings (SSSR count). The largest absolute Gasteiger partial charge is 0.423 e. The number of nitrogens with one attached hydrogen (secondary N) is 1. The van der Waals surface area contributed by atoms with E-state index in [1.165, 1.54) is 6.07 Å². The summed E-state index contributed by atoms with van der Waals surface area (Å²) in [4.78, 5) is 9.62. The maximum atomic E-state index is 12.8. The van der Waals surface area contributed by atoms with Gasteiger partial charge in [0.2, 0.25) is 0 Å². The van der Waals surface area contributed by atoms with Gasteiger partial charge in [-0.05, 0) is 25.5 Å². The molecule has 1 aliphatic rings. The fourth-order valence-corrected chi connectivity index (χ4v) is 2.11. The predicted molar refractivity (Wildman–Crippen MR) is 65.6 cm³/mol. The molecule has 1 atom stereocenters. The number of halogens is 3. The van der Waals surface area contributed by atoms with E-state index in [1.807, 2.05) is 6.92 Å². The molecule has 110 valence electrons. The first-order valence-corrected chi connectivity index (χ1v) is 5.93. The van der Waals surface area contributed by atoms with Crippen molar-refractivity contribution in [3.8, 4) is 0 Å². The minimum atomic E-state index is -4.77. The van der Waals surface area contributed by atoms with Crippen molar-refractivity contribution in [2.24, 2.45) is 0 Å². The van der Waals surface area contributed by atoms with Crippen LogP contribution in [0.3, 0.4) is 0 Å². The molecule has 20 heavy (non-hydrogen) atoms. The summed E-state index contributed by atoms with van der Waals surface area (Å²) in [6.07, 6.45) is -4.11. The molecule has 1 aliphatic heterocycles. The van der Waals surface area contributed by atoms with Gasteiger partial charge in [-0.25, -0.2) is 0 Å². The monoisotopic (exact) mass is 290 g/mol.